The van der Waals surface area contributed by atoms with Crippen LogP contribution in [0.15, 0.2) is 24.3 Å². The molecule has 0 heterocycles. The van der Waals surface area contributed by atoms with Crippen molar-refractivity contribution in [1.29, 1.82) is 0 Å². The highest BCUT2D eigenvalue weighted by Gasteiger charge is 2.44. The molecule has 1 aromatic carbocycles. The zero-order chi connectivity index (χ0) is 20.7. The third-order valence-corrected chi connectivity index (χ3v) is 4.94. The molecule has 0 spiro atoms. The molecule has 1 aliphatic rings. The maximum Gasteiger partial charge on any atom is 0.307 e. The van der Waals surface area contributed by atoms with Gasteiger partial charge in [-0.25, -0.2) is 0 Å². The normalized spacial score (nSPS) is 21.2. The molecule has 1 saturated carbocycles. The van der Waals surface area contributed by atoms with Crippen LogP contribution in [-0.4, -0.2) is 42.8 Å². The quantitative estimate of drug-likeness (QED) is 0.382. The van der Waals surface area contributed by atoms with Crippen molar-refractivity contribution >= 4 is 17.7 Å². The monoisotopic (exact) mass is 392 g/mol. The van der Waals surface area contributed by atoms with Gasteiger partial charge in [0, 0.05) is 29.7 Å². The average molecular weight is 392 g/mol. The molecular weight excluding hydrogens is 368 g/mol. The number of hydrogen-bond acceptors (Lipinski definition) is 7. The summed E-state index contributed by atoms with van der Waals surface area (Å²) in [5.74, 6) is -2.01. The van der Waals surface area contributed by atoms with Crippen molar-refractivity contribution in [2.75, 3.05) is 20.3 Å². The third kappa shape index (κ3) is 6.04. The van der Waals surface area contributed by atoms with Gasteiger partial charge in [0.1, 0.15) is 11.5 Å². The van der Waals surface area contributed by atoms with E-state index in [0.717, 1.165) is 5.56 Å². The summed E-state index contributed by atoms with van der Waals surface area (Å²) in [4.78, 5) is 46.2. The van der Waals surface area contributed by atoms with Gasteiger partial charge in [0.25, 0.3) is 5.91 Å². The van der Waals surface area contributed by atoms with E-state index >= 15 is 0 Å². The van der Waals surface area contributed by atoms with E-state index in [9.17, 15) is 24.5 Å². The fourth-order valence-electron chi connectivity index (χ4n) is 3.38. The minimum Gasteiger partial charge on any atom is -0.497 e. The Balaban J connectivity index is 1.76. The van der Waals surface area contributed by atoms with Gasteiger partial charge in [-0.3, -0.25) is 24.5 Å². The highest BCUT2D eigenvalue weighted by Crippen LogP contribution is 2.36. The van der Waals surface area contributed by atoms with E-state index in [4.69, 9.17) is 9.47 Å². The first-order valence-corrected chi connectivity index (χ1v) is 9.00. The number of ether oxygens (including phenoxy) is 2. The number of carbonyl (C=O) groups excluding carboxylic acids is 3. The second-order valence-corrected chi connectivity index (χ2v) is 6.92. The fourth-order valence-corrected chi connectivity index (χ4v) is 3.38. The predicted molar refractivity (Wildman–Crippen MR) is 98.0 cm³/mol. The van der Waals surface area contributed by atoms with Gasteiger partial charge in [-0.05, 0) is 23.6 Å². The fraction of sp³-hybridized carbons (Fsp3) is 0.526. The topological polar surface area (TPSA) is 125 Å². The van der Waals surface area contributed by atoms with E-state index in [0.29, 0.717) is 5.75 Å². The summed E-state index contributed by atoms with van der Waals surface area (Å²) >= 11 is 0. The number of rotatable bonds is 9. The lowest BCUT2D eigenvalue weighted by molar-refractivity contribution is -0.490. The summed E-state index contributed by atoms with van der Waals surface area (Å²) in [6.07, 6.45) is -0.0216. The number of methoxy groups -OCH3 is 1. The number of hydrogen-bond donors (Lipinski definition) is 1. The molecular formula is C19H24N2O7. The molecule has 152 valence electrons. The molecule has 1 N–H and O–H groups in total. The molecule has 2 rings (SSSR count). The van der Waals surface area contributed by atoms with Crippen molar-refractivity contribution in [2.24, 2.45) is 17.8 Å². The second-order valence-electron chi connectivity index (χ2n) is 6.92. The first-order chi connectivity index (χ1) is 13.3. The Hall–Kier alpha value is -2.97. The van der Waals surface area contributed by atoms with Crippen molar-refractivity contribution in [2.45, 2.75) is 26.3 Å². The number of ketones is 1. The van der Waals surface area contributed by atoms with Crippen LogP contribution in [0.25, 0.3) is 0 Å². The zero-order valence-electron chi connectivity index (χ0n) is 15.9. The van der Waals surface area contributed by atoms with E-state index in [1.54, 1.807) is 38.3 Å². The van der Waals surface area contributed by atoms with Crippen molar-refractivity contribution in [1.82, 2.24) is 5.32 Å². The number of nitrogens with zero attached hydrogens (tertiary/aromatic N) is 1. The standard InChI is InChI=1S/C19H24N2O7/c1-12-7-17(22)15(16(12)10-21(25)26)8-19(24)28-11-18(23)20-9-13-3-5-14(27-2)6-4-13/h3-6,12,15-16H,7-11H2,1-2H3,(H,20,23)/t12-,15-,16-/m1/s1. The number of carbonyl (C=O) groups is 3. The summed E-state index contributed by atoms with van der Waals surface area (Å²) in [7, 11) is 1.56. The smallest absolute Gasteiger partial charge is 0.307 e. The summed E-state index contributed by atoms with van der Waals surface area (Å²) in [6.45, 7) is 1.21. The van der Waals surface area contributed by atoms with Crippen LogP contribution in [0.4, 0.5) is 0 Å². The van der Waals surface area contributed by atoms with Crippen LogP contribution in [0, 0.1) is 27.9 Å². The van der Waals surface area contributed by atoms with E-state index in [1.807, 2.05) is 0 Å². The number of Topliss-reactive ketones (excluding diaryl/α,β-unsaturated/α-hetero) is 1. The summed E-state index contributed by atoms with van der Waals surface area (Å²) < 4.78 is 9.99. The van der Waals surface area contributed by atoms with Gasteiger partial charge < -0.3 is 14.8 Å². The van der Waals surface area contributed by atoms with Gasteiger partial charge >= 0.3 is 5.97 Å². The molecule has 28 heavy (non-hydrogen) atoms. The predicted octanol–water partition coefficient (Wildman–Crippen LogP) is 1.36. The maximum absolute atomic E-state index is 12.0. The lowest BCUT2D eigenvalue weighted by Gasteiger charge is -2.17. The first kappa shape index (κ1) is 21.3. The molecule has 0 bridgehead atoms. The molecule has 0 radical (unpaired) electrons. The summed E-state index contributed by atoms with van der Waals surface area (Å²) in [6, 6.07) is 7.13. The number of amides is 1. The van der Waals surface area contributed by atoms with E-state index < -0.39 is 35.2 Å². The van der Waals surface area contributed by atoms with E-state index in [2.05, 4.69) is 5.32 Å². The van der Waals surface area contributed by atoms with Crippen LogP contribution in [0.5, 0.6) is 5.75 Å². The Morgan fingerprint density at radius 2 is 1.96 bits per heavy atom. The van der Waals surface area contributed by atoms with Gasteiger partial charge in [-0.1, -0.05) is 19.1 Å². The van der Waals surface area contributed by atoms with Crippen molar-refractivity contribution in [3.05, 3.63) is 39.9 Å². The molecule has 0 unspecified atom stereocenters. The number of nitrogens with one attached hydrogen (secondary N) is 1. The highest BCUT2D eigenvalue weighted by atomic mass is 16.6. The number of nitro groups is 1. The first-order valence-electron chi connectivity index (χ1n) is 9.00. The van der Waals surface area contributed by atoms with Crippen LogP contribution in [0.1, 0.15) is 25.3 Å². The largest absolute Gasteiger partial charge is 0.497 e. The minimum absolute atomic E-state index is 0.150. The molecule has 0 aliphatic heterocycles. The Labute approximate surface area is 162 Å². The van der Waals surface area contributed by atoms with Gasteiger partial charge in [-0.2, -0.15) is 0 Å². The van der Waals surface area contributed by atoms with Crippen molar-refractivity contribution in [3.8, 4) is 5.75 Å². The Bertz CT molecular complexity index is 732. The highest BCUT2D eigenvalue weighted by molar-refractivity contribution is 5.88. The van der Waals surface area contributed by atoms with Gasteiger partial charge in [0.05, 0.1) is 13.5 Å². The SMILES string of the molecule is COc1ccc(CNC(=O)COC(=O)C[C@H]2C(=O)C[C@@H](C)[C@H]2C[N+](=O)[O-])cc1. The van der Waals surface area contributed by atoms with Crippen molar-refractivity contribution < 1.29 is 28.8 Å². The van der Waals surface area contributed by atoms with E-state index in [-0.39, 0.29) is 37.6 Å². The molecule has 1 aliphatic carbocycles. The summed E-state index contributed by atoms with van der Waals surface area (Å²) in [5.41, 5.74) is 0.855. The zero-order valence-corrected chi connectivity index (χ0v) is 15.9. The van der Waals surface area contributed by atoms with Gasteiger partial charge in [-0.15, -0.1) is 0 Å². The number of esters is 1. The molecule has 9 nitrogen and oxygen atoms in total. The molecule has 1 amide bonds. The van der Waals surface area contributed by atoms with Crippen LogP contribution in [0.2, 0.25) is 0 Å². The van der Waals surface area contributed by atoms with E-state index in [1.165, 1.54) is 0 Å². The Kier molecular flexibility index (Phi) is 7.48. The van der Waals surface area contributed by atoms with Crippen LogP contribution >= 0.6 is 0 Å². The lowest BCUT2D eigenvalue weighted by atomic mass is 9.88. The van der Waals surface area contributed by atoms with Crippen LogP contribution < -0.4 is 10.1 Å². The molecule has 0 aromatic heterocycles. The Morgan fingerprint density at radius 1 is 1.29 bits per heavy atom. The Morgan fingerprint density at radius 3 is 2.57 bits per heavy atom. The lowest BCUT2D eigenvalue weighted by Crippen LogP contribution is -2.30. The minimum atomic E-state index is -0.727. The van der Waals surface area contributed by atoms with Crippen LogP contribution in [-0.2, 0) is 25.7 Å². The second kappa shape index (κ2) is 9.82. The van der Waals surface area contributed by atoms with Crippen LogP contribution in [0.3, 0.4) is 0 Å². The molecule has 9 heteroatoms. The average Bonchev–Trinajstić information content (AvgIpc) is 2.91. The number of benzene rings is 1. The molecule has 1 fully saturated rings. The molecule has 1 aromatic rings. The summed E-state index contributed by atoms with van der Waals surface area (Å²) in [5, 5.41) is 13.4. The van der Waals surface area contributed by atoms with Gasteiger partial charge in [0.15, 0.2) is 6.61 Å². The maximum atomic E-state index is 12.0. The van der Waals surface area contributed by atoms with Gasteiger partial charge in [0.2, 0.25) is 6.54 Å². The van der Waals surface area contributed by atoms with Crippen molar-refractivity contribution in [3.63, 3.8) is 0 Å². The molecule has 3 atom stereocenters. The third-order valence-electron chi connectivity index (χ3n) is 4.94. The molecule has 0 saturated heterocycles.